The van der Waals surface area contributed by atoms with Gasteiger partial charge in [-0.25, -0.2) is 0 Å². The van der Waals surface area contributed by atoms with Gasteiger partial charge in [0.2, 0.25) is 0 Å². The van der Waals surface area contributed by atoms with Gasteiger partial charge in [0, 0.05) is 41.2 Å². The lowest BCUT2D eigenvalue weighted by molar-refractivity contribution is 0.812. The molecule has 1 aromatic heterocycles. The van der Waals surface area contributed by atoms with E-state index in [-0.39, 0.29) is 0 Å². The Balaban J connectivity index is 2.43. The van der Waals surface area contributed by atoms with E-state index in [9.17, 15) is 0 Å². The van der Waals surface area contributed by atoms with Crippen molar-refractivity contribution in [2.75, 3.05) is 0 Å². The highest BCUT2D eigenvalue weighted by Gasteiger charge is 2.08. The van der Waals surface area contributed by atoms with E-state index in [0.29, 0.717) is 0 Å². The first-order valence-electron chi connectivity index (χ1n) is 5.45. The second-order valence-electron chi connectivity index (χ2n) is 4.20. The van der Waals surface area contributed by atoms with Gasteiger partial charge in [0.1, 0.15) is 0 Å². The molecular formula is C14H10N2. The normalized spacial score (nSPS) is 14.8. The van der Waals surface area contributed by atoms with Crippen molar-refractivity contribution in [3.63, 3.8) is 0 Å². The summed E-state index contributed by atoms with van der Waals surface area (Å²) in [5.74, 6) is 0. The van der Waals surface area contributed by atoms with Crippen LogP contribution in [0.5, 0.6) is 0 Å². The maximum atomic E-state index is 4.22. The van der Waals surface area contributed by atoms with Gasteiger partial charge < -0.3 is 4.57 Å². The Kier molecular flexibility index (Phi) is 1.38. The molecule has 0 fully saturated rings. The summed E-state index contributed by atoms with van der Waals surface area (Å²) in [6.07, 6.45) is 8.35. The van der Waals surface area contributed by atoms with Crippen molar-refractivity contribution in [3.05, 3.63) is 57.0 Å². The maximum Gasteiger partial charge on any atom is 0.0585 e. The molecule has 0 saturated carbocycles. The summed E-state index contributed by atoms with van der Waals surface area (Å²) in [4.78, 5) is 4.22. The second kappa shape index (κ2) is 2.73. The van der Waals surface area contributed by atoms with Gasteiger partial charge in [-0.1, -0.05) is 30.3 Å². The zero-order valence-corrected chi connectivity index (χ0v) is 8.72. The van der Waals surface area contributed by atoms with Crippen molar-refractivity contribution in [3.8, 4) is 0 Å². The summed E-state index contributed by atoms with van der Waals surface area (Å²) >= 11 is 0. The van der Waals surface area contributed by atoms with E-state index in [2.05, 4.69) is 46.1 Å². The Morgan fingerprint density at radius 2 is 2.12 bits per heavy atom. The van der Waals surface area contributed by atoms with Gasteiger partial charge in [0.15, 0.2) is 0 Å². The van der Waals surface area contributed by atoms with E-state index in [4.69, 9.17) is 0 Å². The fourth-order valence-electron chi connectivity index (χ4n) is 2.56. The Morgan fingerprint density at radius 3 is 3.12 bits per heavy atom. The molecule has 0 atom stereocenters. The molecule has 0 bridgehead atoms. The van der Waals surface area contributed by atoms with Gasteiger partial charge in [-0.2, -0.15) is 0 Å². The summed E-state index contributed by atoms with van der Waals surface area (Å²) in [7, 11) is 0. The second-order valence-corrected chi connectivity index (χ2v) is 4.20. The van der Waals surface area contributed by atoms with Gasteiger partial charge in [-0.15, -0.1) is 0 Å². The molecule has 0 N–H and O–H groups in total. The van der Waals surface area contributed by atoms with Gasteiger partial charge in [-0.3, -0.25) is 4.99 Å². The number of benzene rings is 1. The number of rotatable bonds is 0. The highest BCUT2D eigenvalue weighted by atomic mass is 15.0. The van der Waals surface area contributed by atoms with E-state index < -0.39 is 0 Å². The molecule has 0 unspecified atom stereocenters. The fraction of sp³-hybridized carbons (Fsp3) is 0.0714. The molecule has 0 amide bonds. The monoisotopic (exact) mass is 206 g/mol. The SMILES string of the molecule is C1=NC=c2c1cn1c2=c2ccccc2=CC1. The average molecular weight is 206 g/mol. The first-order chi connectivity index (χ1) is 7.93. The zero-order valence-electron chi connectivity index (χ0n) is 8.72. The summed E-state index contributed by atoms with van der Waals surface area (Å²) in [5, 5.41) is 5.22. The number of fused-ring (bicyclic) bond motifs is 4. The van der Waals surface area contributed by atoms with Crippen LogP contribution < -0.4 is 10.4 Å². The van der Waals surface area contributed by atoms with E-state index >= 15 is 0 Å². The minimum atomic E-state index is 0.959. The minimum Gasteiger partial charge on any atom is -0.342 e. The quantitative estimate of drug-likeness (QED) is 0.605. The van der Waals surface area contributed by atoms with Gasteiger partial charge in [0.05, 0.1) is 5.35 Å². The zero-order chi connectivity index (χ0) is 10.5. The smallest absolute Gasteiger partial charge is 0.0585 e. The summed E-state index contributed by atoms with van der Waals surface area (Å²) in [6, 6.07) is 8.54. The first kappa shape index (κ1) is 8.11. The Labute approximate surface area is 92.2 Å². The van der Waals surface area contributed by atoms with Crippen molar-refractivity contribution in [1.29, 1.82) is 0 Å². The van der Waals surface area contributed by atoms with Crippen molar-refractivity contribution in [2.24, 2.45) is 4.99 Å². The standard InChI is InChI=1S/C14H10N2/c1-2-4-12-10(3-1)5-6-16-9-11-7-15-8-13(11)14(12)16/h1-5,7-9H,6H2. The van der Waals surface area contributed by atoms with Crippen LogP contribution in [-0.4, -0.2) is 10.8 Å². The maximum absolute atomic E-state index is 4.22. The van der Waals surface area contributed by atoms with Crippen molar-refractivity contribution < 1.29 is 0 Å². The molecular weight excluding hydrogens is 196 g/mol. The number of nitrogens with zero attached hydrogens (tertiary/aromatic N) is 2. The molecule has 2 nitrogen and oxygen atoms in total. The molecule has 1 aromatic carbocycles. The van der Waals surface area contributed by atoms with Crippen LogP contribution in [0.25, 0.3) is 12.3 Å². The highest BCUT2D eigenvalue weighted by Crippen LogP contribution is 2.04. The van der Waals surface area contributed by atoms with Crippen LogP contribution in [0.3, 0.4) is 0 Å². The van der Waals surface area contributed by atoms with Gasteiger partial charge in [-0.05, 0) is 5.22 Å². The molecule has 0 aliphatic carbocycles. The lowest BCUT2D eigenvalue weighted by Crippen LogP contribution is -2.16. The molecule has 2 aliphatic rings. The molecule has 3 heterocycles. The van der Waals surface area contributed by atoms with Crippen molar-refractivity contribution >= 4 is 18.5 Å². The van der Waals surface area contributed by atoms with Crippen LogP contribution in [0.2, 0.25) is 0 Å². The van der Waals surface area contributed by atoms with Crippen LogP contribution >= 0.6 is 0 Å². The van der Waals surface area contributed by atoms with Gasteiger partial charge in [0.25, 0.3) is 0 Å². The molecule has 0 saturated heterocycles. The van der Waals surface area contributed by atoms with Crippen molar-refractivity contribution in [1.82, 2.24) is 4.57 Å². The van der Waals surface area contributed by atoms with Crippen LogP contribution in [0, 0.1) is 10.6 Å². The van der Waals surface area contributed by atoms with Crippen LogP contribution in [0.4, 0.5) is 0 Å². The third-order valence-corrected chi connectivity index (χ3v) is 3.29. The largest absolute Gasteiger partial charge is 0.342 e. The topological polar surface area (TPSA) is 17.3 Å². The first-order valence-corrected chi connectivity index (χ1v) is 5.45. The fourth-order valence-corrected chi connectivity index (χ4v) is 2.56. The van der Waals surface area contributed by atoms with E-state index in [1.165, 1.54) is 26.6 Å². The Morgan fingerprint density at radius 1 is 1.19 bits per heavy atom. The highest BCUT2D eigenvalue weighted by molar-refractivity contribution is 5.85. The molecule has 0 spiro atoms. The third kappa shape index (κ3) is 0.890. The number of hydrogen-bond acceptors (Lipinski definition) is 1. The van der Waals surface area contributed by atoms with E-state index in [1.54, 1.807) is 0 Å². The lowest BCUT2D eigenvalue weighted by Gasteiger charge is -2.05. The minimum absolute atomic E-state index is 0.959. The molecule has 4 rings (SSSR count). The summed E-state index contributed by atoms with van der Waals surface area (Å²) in [6.45, 7) is 0.959. The van der Waals surface area contributed by atoms with Crippen LogP contribution in [0.15, 0.2) is 35.5 Å². The molecule has 16 heavy (non-hydrogen) atoms. The molecule has 0 radical (unpaired) electrons. The van der Waals surface area contributed by atoms with Crippen LogP contribution in [0.1, 0.15) is 5.56 Å². The third-order valence-electron chi connectivity index (χ3n) is 3.29. The van der Waals surface area contributed by atoms with Crippen LogP contribution in [-0.2, 0) is 6.54 Å². The summed E-state index contributed by atoms with van der Waals surface area (Å²) in [5.41, 5.74) is 1.24. The lowest BCUT2D eigenvalue weighted by atomic mass is 10.2. The average Bonchev–Trinajstić information content (AvgIpc) is 2.88. The number of aliphatic imine (C=N–C) groups is 1. The van der Waals surface area contributed by atoms with E-state index in [1.807, 2.05) is 12.4 Å². The molecule has 2 aromatic rings. The summed E-state index contributed by atoms with van der Waals surface area (Å²) < 4.78 is 2.30. The number of aromatic nitrogens is 1. The van der Waals surface area contributed by atoms with Gasteiger partial charge >= 0.3 is 0 Å². The Hall–Kier alpha value is -2.09. The molecule has 2 heteroatoms. The number of hydrogen-bond donors (Lipinski definition) is 0. The molecule has 76 valence electrons. The van der Waals surface area contributed by atoms with Crippen molar-refractivity contribution in [2.45, 2.75) is 6.54 Å². The predicted octanol–water partition coefficient (Wildman–Crippen LogP) is 0.740. The Bertz CT molecular complexity index is 823. The predicted molar refractivity (Wildman–Crippen MR) is 64.3 cm³/mol. The molecule has 2 aliphatic heterocycles. The van der Waals surface area contributed by atoms with E-state index in [0.717, 1.165) is 6.54 Å².